The van der Waals surface area contributed by atoms with Gasteiger partial charge >= 0.3 is 11.9 Å². The van der Waals surface area contributed by atoms with Crippen LogP contribution >= 0.6 is 0 Å². The van der Waals surface area contributed by atoms with Crippen LogP contribution in [-0.4, -0.2) is 68.7 Å². The largest absolute Gasteiger partial charge is 0.508 e. The highest BCUT2D eigenvalue weighted by atomic mass is 28.3. The second-order valence-electron chi connectivity index (χ2n) is 10.8. The molecule has 0 amide bonds. The van der Waals surface area contributed by atoms with Crippen LogP contribution in [0.4, 0.5) is 0 Å². The Morgan fingerprint density at radius 3 is 2.39 bits per heavy atom. The van der Waals surface area contributed by atoms with Crippen molar-refractivity contribution in [3.05, 3.63) is 29.3 Å². The number of benzene rings is 1. The first kappa shape index (κ1) is 23.9. The lowest BCUT2D eigenvalue weighted by molar-refractivity contribution is -0.167. The molecule has 4 aliphatic rings. The van der Waals surface area contributed by atoms with E-state index in [1.807, 2.05) is 0 Å². The zero-order chi connectivity index (χ0) is 23.8. The van der Waals surface area contributed by atoms with Gasteiger partial charge in [0.15, 0.2) is 0 Å². The molecule has 7 nitrogen and oxygen atoms in total. The van der Waals surface area contributed by atoms with Crippen LogP contribution in [0.15, 0.2) is 18.2 Å². The summed E-state index contributed by atoms with van der Waals surface area (Å²) in [5.74, 6) is -3.85. The van der Waals surface area contributed by atoms with Gasteiger partial charge in [-0.2, -0.15) is 0 Å². The second-order valence-corrected chi connectivity index (χ2v) is 16.4. The second kappa shape index (κ2) is 9.58. The van der Waals surface area contributed by atoms with E-state index in [1.165, 1.54) is 0 Å². The molecule has 4 unspecified atom stereocenters. The molecule has 1 N–H and O–H groups in total. The first-order valence-corrected chi connectivity index (χ1v) is 15.8. The minimum Gasteiger partial charge on any atom is -0.508 e. The summed E-state index contributed by atoms with van der Waals surface area (Å²) in [6, 6.07) is 5.74. The third-order valence-electron chi connectivity index (χ3n) is 7.24. The molecule has 33 heavy (non-hydrogen) atoms. The van der Waals surface area contributed by atoms with Crippen molar-refractivity contribution in [2.45, 2.75) is 56.8 Å². The molecule has 1 aromatic carbocycles. The Morgan fingerprint density at radius 2 is 1.70 bits per heavy atom. The molecule has 0 radical (unpaired) electrons. The van der Waals surface area contributed by atoms with E-state index in [9.17, 15) is 19.5 Å². The Hall–Kier alpha value is -2.19. The van der Waals surface area contributed by atoms with Gasteiger partial charge in [-0.15, -0.1) is 0 Å². The monoisotopic (exact) mass is 473 g/mol. The Kier molecular flexibility index (Phi) is 6.95. The van der Waals surface area contributed by atoms with Crippen molar-refractivity contribution < 1.29 is 29.0 Å². The fraction of sp³-hybridized carbons (Fsp3) is 0.640. The Balaban J connectivity index is 1.56. The molecule has 1 aromatic rings. The minimum absolute atomic E-state index is 0.0458. The van der Waals surface area contributed by atoms with Crippen molar-refractivity contribution in [1.29, 1.82) is 0 Å². The van der Waals surface area contributed by atoms with Crippen molar-refractivity contribution in [2.75, 3.05) is 32.8 Å². The summed E-state index contributed by atoms with van der Waals surface area (Å²) in [6.45, 7) is 9.87. The van der Waals surface area contributed by atoms with Gasteiger partial charge in [-0.3, -0.25) is 19.3 Å². The van der Waals surface area contributed by atoms with Crippen LogP contribution in [-0.2, 0) is 23.9 Å². The molecule has 5 rings (SSSR count). The lowest BCUT2D eigenvalue weighted by atomic mass is 9.55. The van der Waals surface area contributed by atoms with Crippen molar-refractivity contribution >= 4 is 25.8 Å². The molecule has 0 aromatic heterocycles. The molecule has 1 heterocycles. The summed E-state index contributed by atoms with van der Waals surface area (Å²) in [4.78, 5) is 41.8. The fourth-order valence-corrected chi connectivity index (χ4v) is 6.21. The summed E-state index contributed by atoms with van der Waals surface area (Å²) < 4.78 is 11.3. The number of rotatable bonds is 8. The maximum Gasteiger partial charge on any atom is 0.310 e. The number of aromatic hydroxyl groups is 1. The van der Waals surface area contributed by atoms with E-state index in [-0.39, 0.29) is 24.6 Å². The van der Waals surface area contributed by atoms with Crippen molar-refractivity contribution in [2.24, 2.45) is 11.8 Å². The van der Waals surface area contributed by atoms with Crippen molar-refractivity contribution in [3.63, 3.8) is 0 Å². The van der Waals surface area contributed by atoms with E-state index in [4.69, 9.17) is 9.47 Å². The van der Waals surface area contributed by atoms with E-state index in [0.29, 0.717) is 18.7 Å². The summed E-state index contributed by atoms with van der Waals surface area (Å²) in [7, 11) is -1.39. The summed E-state index contributed by atoms with van der Waals surface area (Å²) >= 11 is 0. The third-order valence-corrected chi connectivity index (χ3v) is 8.95. The quantitative estimate of drug-likeness (QED) is 0.457. The number of ether oxygens (including phenoxy) is 2. The van der Waals surface area contributed by atoms with Gasteiger partial charge in [-0.05, 0) is 55.2 Å². The van der Waals surface area contributed by atoms with Gasteiger partial charge in [-0.25, -0.2) is 0 Å². The van der Waals surface area contributed by atoms with E-state index >= 15 is 0 Å². The number of hydrogen-bond donors (Lipinski definition) is 1. The van der Waals surface area contributed by atoms with Gasteiger partial charge in [0, 0.05) is 27.0 Å². The summed E-state index contributed by atoms with van der Waals surface area (Å²) in [6.07, 6.45) is 2.51. The maximum absolute atomic E-state index is 13.3. The zero-order valence-electron chi connectivity index (χ0n) is 19.8. The smallest absolute Gasteiger partial charge is 0.310 e. The lowest BCUT2D eigenvalue weighted by Crippen LogP contribution is -2.51. The number of carbonyl (C=O) groups is 3. The molecular formula is C25H35NO6Si. The molecule has 1 saturated heterocycles. The predicted octanol–water partition coefficient (Wildman–Crippen LogP) is 3.30. The van der Waals surface area contributed by atoms with Crippen LogP contribution in [0.1, 0.15) is 42.2 Å². The summed E-state index contributed by atoms with van der Waals surface area (Å²) in [5, 5.41) is 10.0. The fourth-order valence-electron chi connectivity index (χ4n) is 5.49. The Morgan fingerprint density at radius 1 is 1.03 bits per heavy atom. The number of Topliss-reactive ketones (excluding diaryl/α,β-unsaturated/α-hetero) is 1. The van der Waals surface area contributed by atoms with Gasteiger partial charge in [0.1, 0.15) is 18.1 Å². The topological polar surface area (TPSA) is 93.1 Å². The van der Waals surface area contributed by atoms with Crippen LogP contribution in [0.25, 0.3) is 0 Å². The molecule has 1 aliphatic heterocycles. The number of esters is 2. The van der Waals surface area contributed by atoms with Crippen molar-refractivity contribution in [3.8, 4) is 5.75 Å². The Bertz CT molecular complexity index is 920. The normalized spacial score (nSPS) is 26.8. The molecule has 0 spiro atoms. The molecule has 8 heteroatoms. The van der Waals surface area contributed by atoms with E-state index in [0.717, 1.165) is 37.5 Å². The molecule has 1 saturated carbocycles. The molecular weight excluding hydrogens is 438 g/mol. The third kappa shape index (κ3) is 5.16. The average molecular weight is 474 g/mol. The highest BCUT2D eigenvalue weighted by molar-refractivity contribution is 6.76. The van der Waals surface area contributed by atoms with Gasteiger partial charge in [-0.1, -0.05) is 25.7 Å². The van der Waals surface area contributed by atoms with Gasteiger partial charge < -0.3 is 14.6 Å². The van der Waals surface area contributed by atoms with Crippen LogP contribution in [0, 0.1) is 11.8 Å². The van der Waals surface area contributed by atoms with E-state index in [1.54, 1.807) is 18.2 Å². The van der Waals surface area contributed by atoms with Crippen LogP contribution < -0.4 is 0 Å². The van der Waals surface area contributed by atoms with Gasteiger partial charge in [0.25, 0.3) is 0 Å². The summed E-state index contributed by atoms with van der Waals surface area (Å²) in [5.41, 5.74) is 1.49. The van der Waals surface area contributed by atoms with Crippen LogP contribution in [0.5, 0.6) is 5.75 Å². The zero-order valence-corrected chi connectivity index (χ0v) is 20.8. The molecule has 180 valence electrons. The average Bonchev–Trinajstić information content (AvgIpc) is 3.25. The number of ketones is 1. The number of phenolic OH excluding ortho intramolecular Hbond substituents is 1. The number of hydrogen-bond acceptors (Lipinski definition) is 7. The first-order chi connectivity index (χ1) is 15.7. The SMILES string of the molecule is C[Si](C)(C)CCOC(=O)C1C2CC(=O)C(c3cc(O)ccc32)C1C(=O)OCCN1CCCC1. The van der Waals surface area contributed by atoms with E-state index in [2.05, 4.69) is 24.5 Å². The molecule has 3 aliphatic carbocycles. The first-order valence-electron chi connectivity index (χ1n) is 12.1. The van der Waals surface area contributed by atoms with Crippen LogP contribution in [0.2, 0.25) is 25.7 Å². The number of fused-ring (bicyclic) bond motifs is 2. The number of likely N-dealkylation sites (tertiary alicyclic amines) is 1. The van der Waals surface area contributed by atoms with E-state index < -0.39 is 43.7 Å². The molecule has 2 fully saturated rings. The lowest BCUT2D eigenvalue weighted by Gasteiger charge is -2.46. The highest BCUT2D eigenvalue weighted by Gasteiger charge is 2.57. The van der Waals surface area contributed by atoms with Gasteiger partial charge in [0.05, 0.1) is 24.4 Å². The number of nitrogens with zero attached hydrogens (tertiary/aromatic N) is 1. The van der Waals surface area contributed by atoms with Crippen molar-refractivity contribution in [1.82, 2.24) is 4.90 Å². The molecule has 4 atom stereocenters. The Labute approximate surface area is 196 Å². The number of phenols is 1. The maximum atomic E-state index is 13.3. The van der Waals surface area contributed by atoms with Crippen LogP contribution in [0.3, 0.4) is 0 Å². The predicted molar refractivity (Wildman–Crippen MR) is 126 cm³/mol. The highest BCUT2D eigenvalue weighted by Crippen LogP contribution is 2.55. The number of carbonyl (C=O) groups excluding carboxylic acids is 3. The standard InChI is InChI=1S/C25H35NO6Si/c1-33(2,3)13-12-32-24(29)22-19-15-20(28)21(18-14-16(27)6-7-17(18)19)23(22)25(30)31-11-10-26-8-4-5-9-26/h6-7,14,19,21-23,27H,4-5,8-13,15H2,1-3H3. The molecule has 2 bridgehead atoms. The minimum atomic E-state index is -1.39. The van der Waals surface area contributed by atoms with Gasteiger partial charge in [0.2, 0.25) is 0 Å².